The number of benzene rings is 5. The molecule has 0 atom stereocenters. The van der Waals surface area contributed by atoms with Crippen LogP contribution in [0.15, 0.2) is 104 Å². The van der Waals surface area contributed by atoms with Crippen molar-refractivity contribution in [1.82, 2.24) is 0 Å². The molecule has 0 saturated carbocycles. The zero-order valence-electron chi connectivity index (χ0n) is 25.5. The molecule has 5 aromatic rings. The van der Waals surface area contributed by atoms with E-state index in [4.69, 9.17) is 15.6 Å². The van der Waals surface area contributed by atoms with E-state index in [1.54, 1.807) is 6.07 Å². The Balaban J connectivity index is 1.51. The van der Waals surface area contributed by atoms with Crippen molar-refractivity contribution in [2.45, 2.75) is 4.90 Å². The summed E-state index contributed by atoms with van der Waals surface area (Å²) in [5.41, 5.74) is 5.67. The normalized spacial score (nSPS) is 11.6. The summed E-state index contributed by atoms with van der Waals surface area (Å²) in [6, 6.07) is 17.2. The van der Waals surface area contributed by atoms with Gasteiger partial charge in [-0.05, 0) is 72.1 Å². The summed E-state index contributed by atoms with van der Waals surface area (Å²) in [7, 11) is -3.67. The minimum Gasteiger partial charge on any atom is -0.505 e. The molecule has 0 aliphatic heterocycles. The summed E-state index contributed by atoms with van der Waals surface area (Å²) in [6.07, 6.45) is 0. The lowest BCUT2D eigenvalue weighted by atomic mass is 10.1. The Morgan fingerprint density at radius 1 is 0.720 bits per heavy atom. The Bertz CT molecular complexity index is 2350. The number of azo groups is 2. The molecule has 18 heteroatoms. The first-order valence-corrected chi connectivity index (χ1v) is 15.4. The summed E-state index contributed by atoms with van der Waals surface area (Å²) in [5, 5.41) is 58.1. The van der Waals surface area contributed by atoms with Crippen molar-refractivity contribution >= 4 is 78.6 Å². The molecule has 0 heterocycles. The molecule has 0 saturated heterocycles. The lowest BCUT2D eigenvalue weighted by molar-refractivity contribution is 0.0682. The minimum atomic E-state index is -4.94. The minimum absolute atomic E-state index is 0.00297. The van der Waals surface area contributed by atoms with Crippen molar-refractivity contribution in [2.75, 3.05) is 18.2 Å². The second-order valence-electron chi connectivity index (χ2n) is 10.4. The van der Waals surface area contributed by atoms with Crippen LogP contribution in [0.1, 0.15) is 31.1 Å². The van der Waals surface area contributed by atoms with E-state index in [2.05, 4.69) is 25.8 Å². The molecule has 0 radical (unpaired) electrons. The summed E-state index contributed by atoms with van der Waals surface area (Å²) in [4.78, 5) is 33.2. The SMILES string of the molecule is COc1cc(/N=N/c2cc(C(=O)O)cc(C(=O)O)c2)c(N)cc1/N=N/c1c(S(=O)(=O)O)cc2ccc(Nc3ccc(C(=O)O)cc3)cc2c1O. The number of nitrogens with zero attached hydrogens (tertiary/aromatic N) is 4. The van der Waals surface area contributed by atoms with Crippen LogP contribution in [0.5, 0.6) is 11.5 Å². The molecule has 0 fully saturated rings. The molecule has 17 nitrogen and oxygen atoms in total. The van der Waals surface area contributed by atoms with Gasteiger partial charge in [0, 0.05) is 22.8 Å². The fourth-order valence-electron chi connectivity index (χ4n) is 4.61. The molecular weight excluding hydrogens is 676 g/mol. The zero-order chi connectivity index (χ0) is 36.3. The number of ether oxygens (including phenoxy) is 1. The van der Waals surface area contributed by atoms with Gasteiger partial charge in [-0.2, -0.15) is 13.5 Å². The number of carboxylic acid groups (broad SMARTS) is 3. The molecule has 5 rings (SSSR count). The molecule has 254 valence electrons. The molecule has 0 aromatic heterocycles. The summed E-state index contributed by atoms with van der Waals surface area (Å²) < 4.78 is 40.0. The van der Waals surface area contributed by atoms with E-state index in [0.29, 0.717) is 11.4 Å². The first kappa shape index (κ1) is 34.4. The van der Waals surface area contributed by atoms with E-state index in [1.165, 1.54) is 55.6 Å². The van der Waals surface area contributed by atoms with Crippen molar-refractivity contribution < 1.29 is 52.5 Å². The van der Waals surface area contributed by atoms with Gasteiger partial charge < -0.3 is 36.2 Å². The van der Waals surface area contributed by atoms with E-state index < -0.39 is 44.4 Å². The van der Waals surface area contributed by atoms with Crippen LogP contribution in [0.4, 0.5) is 39.8 Å². The third kappa shape index (κ3) is 7.46. The third-order valence-corrected chi connectivity index (χ3v) is 7.89. The summed E-state index contributed by atoms with van der Waals surface area (Å²) >= 11 is 0. The molecule has 0 aliphatic rings. The number of methoxy groups -OCH3 is 1. The maximum absolute atomic E-state index is 12.3. The first-order valence-electron chi connectivity index (χ1n) is 13.9. The van der Waals surface area contributed by atoms with Crippen LogP contribution in [-0.2, 0) is 10.1 Å². The van der Waals surface area contributed by atoms with E-state index in [-0.39, 0.29) is 56.0 Å². The number of hydrogen-bond donors (Lipinski definition) is 7. The van der Waals surface area contributed by atoms with Crippen molar-refractivity contribution in [1.29, 1.82) is 0 Å². The van der Waals surface area contributed by atoms with Crippen molar-refractivity contribution in [3.05, 3.63) is 95.6 Å². The Kier molecular flexibility index (Phi) is 9.41. The van der Waals surface area contributed by atoms with Gasteiger partial charge in [-0.25, -0.2) is 14.4 Å². The number of nitrogens with one attached hydrogen (secondary N) is 1. The van der Waals surface area contributed by atoms with Gasteiger partial charge in [0.05, 0.1) is 35.2 Å². The molecule has 0 spiro atoms. The summed E-state index contributed by atoms with van der Waals surface area (Å²) in [5.74, 6) is -4.50. The Hall–Kier alpha value is -6.92. The number of hydrogen-bond acceptors (Lipinski definition) is 13. The number of phenols is 1. The van der Waals surface area contributed by atoms with Gasteiger partial charge in [-0.15, -0.1) is 15.3 Å². The lowest BCUT2D eigenvalue weighted by Crippen LogP contribution is -2.01. The lowest BCUT2D eigenvalue weighted by Gasteiger charge is -2.12. The van der Waals surface area contributed by atoms with E-state index in [1.807, 2.05) is 0 Å². The van der Waals surface area contributed by atoms with Gasteiger partial charge >= 0.3 is 17.9 Å². The second kappa shape index (κ2) is 13.7. The molecule has 0 unspecified atom stereocenters. The van der Waals surface area contributed by atoms with Crippen LogP contribution in [0.3, 0.4) is 0 Å². The number of nitrogens with two attached hydrogens (primary N) is 1. The predicted octanol–water partition coefficient (Wildman–Crippen LogP) is 7.05. The van der Waals surface area contributed by atoms with Crippen molar-refractivity contribution in [3.8, 4) is 11.5 Å². The van der Waals surface area contributed by atoms with Gasteiger partial charge in [0.15, 0.2) is 5.75 Å². The van der Waals surface area contributed by atoms with Gasteiger partial charge in [0.2, 0.25) is 0 Å². The third-order valence-electron chi connectivity index (χ3n) is 7.02. The Morgan fingerprint density at radius 2 is 1.32 bits per heavy atom. The molecule has 5 aromatic carbocycles. The van der Waals surface area contributed by atoms with Crippen LogP contribution in [0.25, 0.3) is 10.8 Å². The zero-order valence-corrected chi connectivity index (χ0v) is 26.3. The fraction of sp³-hybridized carbons (Fsp3) is 0.0312. The topological polar surface area (TPSA) is 283 Å². The van der Waals surface area contributed by atoms with E-state index >= 15 is 0 Å². The standard InChI is InChI=1S/C32H24N6O11S/c1-49-26-14-24(36-35-21-9-17(31(42)43)8-18(10-21)32(44)45)23(33)13-25(26)37-38-28-27(50(46,47)48)11-16-4-7-20(12-22(16)29(28)39)34-19-5-2-15(3-6-19)30(40)41/h2-14,34,39H,33H2,1H3,(H,40,41)(H,42,43)(H,44,45)(H,46,47,48)/b36-35+,38-37+. The Labute approximate surface area is 281 Å². The first-order chi connectivity index (χ1) is 23.6. The Morgan fingerprint density at radius 3 is 1.90 bits per heavy atom. The number of phenolic OH excluding ortho intramolecular Hbond substituents is 1. The van der Waals surface area contributed by atoms with E-state index in [0.717, 1.165) is 24.3 Å². The molecule has 0 bridgehead atoms. The predicted molar refractivity (Wildman–Crippen MR) is 178 cm³/mol. The highest BCUT2D eigenvalue weighted by Gasteiger charge is 2.23. The average Bonchev–Trinajstić information content (AvgIpc) is 3.07. The maximum Gasteiger partial charge on any atom is 0.335 e. The van der Waals surface area contributed by atoms with Gasteiger partial charge in [-0.3, -0.25) is 4.55 Å². The number of carboxylic acids is 3. The molecule has 0 amide bonds. The fourth-order valence-corrected chi connectivity index (χ4v) is 5.27. The number of carbonyl (C=O) groups is 3. The van der Waals surface area contributed by atoms with Crippen LogP contribution >= 0.6 is 0 Å². The van der Waals surface area contributed by atoms with Crippen molar-refractivity contribution in [3.63, 3.8) is 0 Å². The van der Waals surface area contributed by atoms with Crippen LogP contribution in [-0.4, -0.2) is 58.4 Å². The highest BCUT2D eigenvalue weighted by Crippen LogP contribution is 2.44. The smallest absolute Gasteiger partial charge is 0.335 e. The largest absolute Gasteiger partial charge is 0.505 e. The summed E-state index contributed by atoms with van der Waals surface area (Å²) in [6.45, 7) is 0. The van der Waals surface area contributed by atoms with Crippen LogP contribution in [0, 0.1) is 0 Å². The monoisotopic (exact) mass is 700 g/mol. The molecular formula is C32H24N6O11S. The van der Waals surface area contributed by atoms with Gasteiger partial charge in [0.1, 0.15) is 27.7 Å². The highest BCUT2D eigenvalue weighted by molar-refractivity contribution is 7.86. The number of nitrogen functional groups attached to an aromatic ring is 1. The van der Waals surface area contributed by atoms with E-state index in [9.17, 15) is 42.7 Å². The number of fused-ring (bicyclic) bond motifs is 1. The maximum atomic E-state index is 12.3. The van der Waals surface area contributed by atoms with Crippen LogP contribution < -0.4 is 15.8 Å². The average molecular weight is 701 g/mol. The van der Waals surface area contributed by atoms with Gasteiger partial charge in [0.25, 0.3) is 10.1 Å². The molecule has 50 heavy (non-hydrogen) atoms. The number of rotatable bonds is 11. The number of aromatic carboxylic acids is 3. The number of anilines is 3. The molecule has 0 aliphatic carbocycles. The second-order valence-corrected chi connectivity index (χ2v) is 11.7. The van der Waals surface area contributed by atoms with Crippen molar-refractivity contribution in [2.24, 2.45) is 20.5 Å². The van der Waals surface area contributed by atoms with Crippen LogP contribution in [0.2, 0.25) is 0 Å². The quantitative estimate of drug-likeness (QED) is 0.0413. The highest BCUT2D eigenvalue weighted by atomic mass is 32.2. The van der Waals surface area contributed by atoms with Gasteiger partial charge in [-0.1, -0.05) is 6.07 Å². The molecule has 8 N–H and O–H groups in total. The number of aromatic hydroxyl groups is 1.